The molecular weight excluding hydrogens is 359 g/mol. The van der Waals surface area contributed by atoms with Crippen molar-refractivity contribution in [3.05, 3.63) is 28.2 Å². The van der Waals surface area contributed by atoms with E-state index in [9.17, 15) is 13.2 Å². The van der Waals surface area contributed by atoms with Crippen LogP contribution in [0.4, 0.5) is 5.69 Å². The lowest BCUT2D eigenvalue weighted by atomic mass is 10.1. The molecule has 0 atom stereocenters. The Morgan fingerprint density at radius 3 is 2.43 bits per heavy atom. The van der Waals surface area contributed by atoms with Gasteiger partial charge in [0.2, 0.25) is 15.9 Å². The second kappa shape index (κ2) is 8.87. The number of halogens is 2. The Morgan fingerprint density at radius 1 is 1.26 bits per heavy atom. The van der Waals surface area contributed by atoms with Gasteiger partial charge in [0.05, 0.1) is 17.0 Å². The van der Waals surface area contributed by atoms with Gasteiger partial charge in [0.25, 0.3) is 0 Å². The number of sulfonamides is 1. The van der Waals surface area contributed by atoms with E-state index in [-0.39, 0.29) is 18.9 Å². The molecule has 1 aromatic rings. The van der Waals surface area contributed by atoms with E-state index >= 15 is 0 Å². The molecule has 0 fully saturated rings. The molecule has 0 saturated carbocycles. The van der Waals surface area contributed by atoms with Gasteiger partial charge in [-0.15, -0.1) is 0 Å². The minimum atomic E-state index is -3.33. The lowest BCUT2D eigenvalue weighted by molar-refractivity contribution is -0.116. The largest absolute Gasteiger partial charge is 0.325 e. The molecule has 23 heavy (non-hydrogen) atoms. The number of hydrogen-bond donors (Lipinski definition) is 1. The predicted octanol–water partition coefficient (Wildman–Crippen LogP) is 3.63. The minimum Gasteiger partial charge on any atom is -0.325 e. The van der Waals surface area contributed by atoms with Crippen LogP contribution in [-0.2, 0) is 14.8 Å². The lowest BCUT2D eigenvalue weighted by Crippen LogP contribution is -2.34. The van der Waals surface area contributed by atoms with Crippen molar-refractivity contribution in [3.63, 3.8) is 0 Å². The quantitative estimate of drug-likeness (QED) is 0.748. The summed E-state index contributed by atoms with van der Waals surface area (Å²) < 4.78 is 24.9. The minimum absolute atomic E-state index is 0.0596. The van der Waals surface area contributed by atoms with Gasteiger partial charge in [0.1, 0.15) is 0 Å². The summed E-state index contributed by atoms with van der Waals surface area (Å²) in [6.07, 6.45) is 1.96. The van der Waals surface area contributed by atoms with Gasteiger partial charge in [0, 0.05) is 24.5 Å². The standard InChI is InChI=1S/C15H22Cl2N2O3S/c1-11(2)6-8-19(23(3,21)22)9-7-15(20)18-14-5-4-12(16)10-13(14)17/h4-5,10-11H,6-9H2,1-3H3,(H,18,20). The SMILES string of the molecule is CC(C)CCN(CCC(=O)Nc1ccc(Cl)cc1Cl)S(C)(=O)=O. The first-order chi connectivity index (χ1) is 10.6. The summed E-state index contributed by atoms with van der Waals surface area (Å²) in [5.74, 6) is 0.0911. The third-order valence-electron chi connectivity index (χ3n) is 3.22. The first kappa shape index (κ1) is 20.2. The molecule has 5 nitrogen and oxygen atoms in total. The molecule has 0 aliphatic heterocycles. The maximum atomic E-state index is 12.0. The van der Waals surface area contributed by atoms with Crippen LogP contribution in [0.5, 0.6) is 0 Å². The molecule has 0 radical (unpaired) electrons. The highest BCUT2D eigenvalue weighted by Gasteiger charge is 2.18. The third-order valence-corrected chi connectivity index (χ3v) is 5.07. The second-order valence-corrected chi connectivity index (χ2v) is 8.59. The third kappa shape index (κ3) is 7.52. The van der Waals surface area contributed by atoms with Crippen LogP contribution in [0, 0.1) is 5.92 Å². The Bertz CT molecular complexity index is 648. The van der Waals surface area contributed by atoms with Gasteiger partial charge in [-0.1, -0.05) is 37.0 Å². The molecule has 0 saturated heterocycles. The molecule has 0 aliphatic rings. The zero-order chi connectivity index (χ0) is 17.6. The van der Waals surface area contributed by atoms with E-state index in [0.29, 0.717) is 28.2 Å². The average molecular weight is 381 g/mol. The number of rotatable bonds is 8. The van der Waals surface area contributed by atoms with Crippen molar-refractivity contribution < 1.29 is 13.2 Å². The number of amides is 1. The van der Waals surface area contributed by atoms with Crippen molar-refractivity contribution in [2.24, 2.45) is 5.92 Å². The summed E-state index contributed by atoms with van der Waals surface area (Å²) in [6, 6.07) is 4.76. The Balaban J connectivity index is 2.61. The first-order valence-electron chi connectivity index (χ1n) is 7.29. The first-order valence-corrected chi connectivity index (χ1v) is 9.90. The highest BCUT2D eigenvalue weighted by atomic mass is 35.5. The molecule has 1 amide bonds. The molecule has 0 aromatic heterocycles. The number of anilines is 1. The van der Waals surface area contributed by atoms with E-state index in [0.717, 1.165) is 12.7 Å². The smallest absolute Gasteiger partial charge is 0.225 e. The fourth-order valence-corrected chi connectivity index (χ4v) is 3.19. The number of benzene rings is 1. The van der Waals surface area contributed by atoms with Gasteiger partial charge in [0.15, 0.2) is 0 Å². The van der Waals surface area contributed by atoms with Gasteiger partial charge in [-0.25, -0.2) is 12.7 Å². The van der Waals surface area contributed by atoms with Crippen LogP contribution in [-0.4, -0.2) is 38.0 Å². The summed E-state index contributed by atoms with van der Waals surface area (Å²) in [7, 11) is -3.33. The van der Waals surface area contributed by atoms with E-state index < -0.39 is 10.0 Å². The monoisotopic (exact) mass is 380 g/mol. The van der Waals surface area contributed by atoms with Crippen molar-refractivity contribution in [1.82, 2.24) is 4.31 Å². The van der Waals surface area contributed by atoms with Crippen LogP contribution >= 0.6 is 23.2 Å². The van der Waals surface area contributed by atoms with E-state index in [4.69, 9.17) is 23.2 Å². The normalized spacial score (nSPS) is 12.0. The molecule has 130 valence electrons. The summed E-state index contributed by atoms with van der Waals surface area (Å²) in [5, 5.41) is 3.47. The number of carbonyl (C=O) groups is 1. The number of nitrogens with zero attached hydrogens (tertiary/aromatic N) is 1. The van der Waals surface area contributed by atoms with Crippen LogP contribution < -0.4 is 5.32 Å². The summed E-state index contributed by atoms with van der Waals surface area (Å²) >= 11 is 11.8. The highest BCUT2D eigenvalue weighted by molar-refractivity contribution is 7.88. The zero-order valence-electron chi connectivity index (χ0n) is 13.5. The van der Waals surface area contributed by atoms with Gasteiger partial charge in [-0.3, -0.25) is 4.79 Å². The molecule has 1 rings (SSSR count). The Morgan fingerprint density at radius 2 is 1.91 bits per heavy atom. The van der Waals surface area contributed by atoms with Crippen LogP contribution in [0.15, 0.2) is 18.2 Å². The molecule has 0 spiro atoms. The zero-order valence-corrected chi connectivity index (χ0v) is 15.8. The fraction of sp³-hybridized carbons (Fsp3) is 0.533. The van der Waals surface area contributed by atoms with Gasteiger partial charge < -0.3 is 5.32 Å². The molecule has 8 heteroatoms. The lowest BCUT2D eigenvalue weighted by Gasteiger charge is -2.20. The molecular formula is C15H22Cl2N2O3S. The molecule has 1 N–H and O–H groups in total. The summed E-state index contributed by atoms with van der Waals surface area (Å²) in [4.78, 5) is 12.0. The second-order valence-electron chi connectivity index (χ2n) is 5.77. The fourth-order valence-electron chi connectivity index (χ4n) is 1.88. The summed E-state index contributed by atoms with van der Waals surface area (Å²) in [6.45, 7) is 4.60. The maximum Gasteiger partial charge on any atom is 0.225 e. The maximum absolute atomic E-state index is 12.0. The Hall–Kier alpha value is -0.820. The summed E-state index contributed by atoms with van der Waals surface area (Å²) in [5.41, 5.74) is 0.453. The highest BCUT2D eigenvalue weighted by Crippen LogP contribution is 2.25. The Labute approximate surface area is 148 Å². The van der Waals surface area contributed by atoms with Crippen LogP contribution in [0.1, 0.15) is 26.7 Å². The van der Waals surface area contributed by atoms with Crippen molar-refractivity contribution in [2.45, 2.75) is 26.7 Å². The van der Waals surface area contributed by atoms with E-state index in [2.05, 4.69) is 5.32 Å². The predicted molar refractivity (Wildman–Crippen MR) is 95.6 cm³/mol. The van der Waals surface area contributed by atoms with Crippen molar-refractivity contribution in [2.75, 3.05) is 24.7 Å². The number of nitrogens with one attached hydrogen (secondary N) is 1. The van der Waals surface area contributed by atoms with Gasteiger partial charge in [-0.05, 0) is 30.5 Å². The topological polar surface area (TPSA) is 66.5 Å². The van der Waals surface area contributed by atoms with Crippen LogP contribution in [0.2, 0.25) is 10.0 Å². The average Bonchev–Trinajstić information content (AvgIpc) is 2.40. The number of carbonyl (C=O) groups excluding carboxylic acids is 1. The Kier molecular flexibility index (Phi) is 7.80. The van der Waals surface area contributed by atoms with Crippen molar-refractivity contribution in [3.8, 4) is 0 Å². The molecule has 0 unspecified atom stereocenters. The van der Waals surface area contributed by atoms with Crippen molar-refractivity contribution in [1.29, 1.82) is 0 Å². The van der Waals surface area contributed by atoms with Gasteiger partial charge >= 0.3 is 0 Å². The van der Waals surface area contributed by atoms with Crippen LogP contribution in [0.3, 0.4) is 0 Å². The molecule has 0 heterocycles. The molecule has 1 aromatic carbocycles. The molecule has 0 aliphatic carbocycles. The van der Waals surface area contributed by atoms with E-state index in [1.165, 1.54) is 10.4 Å². The van der Waals surface area contributed by atoms with E-state index in [1.807, 2.05) is 13.8 Å². The number of hydrogen-bond acceptors (Lipinski definition) is 3. The van der Waals surface area contributed by atoms with E-state index in [1.54, 1.807) is 12.1 Å². The van der Waals surface area contributed by atoms with Crippen molar-refractivity contribution >= 4 is 44.8 Å². The van der Waals surface area contributed by atoms with Crippen LogP contribution in [0.25, 0.3) is 0 Å². The van der Waals surface area contributed by atoms with Gasteiger partial charge in [-0.2, -0.15) is 0 Å². The molecule has 0 bridgehead atoms.